The summed E-state index contributed by atoms with van der Waals surface area (Å²) in [4.78, 5) is 45.2. The smallest absolute Gasteiger partial charge is 0.404 e. The van der Waals surface area contributed by atoms with Gasteiger partial charge < -0.3 is 25.3 Å². The zero-order valence-corrected chi connectivity index (χ0v) is 28.3. The number of hydrogen-bond donors (Lipinski definition) is 3. The first-order chi connectivity index (χ1) is 22.3. The van der Waals surface area contributed by atoms with Gasteiger partial charge in [0, 0.05) is 17.7 Å². The summed E-state index contributed by atoms with van der Waals surface area (Å²) >= 11 is 0. The fraction of sp³-hybridized carbons (Fsp3) is 0.459. The van der Waals surface area contributed by atoms with Crippen molar-refractivity contribution in [3.63, 3.8) is 0 Å². The van der Waals surface area contributed by atoms with Crippen molar-refractivity contribution in [1.29, 1.82) is 0 Å². The van der Waals surface area contributed by atoms with E-state index >= 15 is 0 Å². The molecule has 4 atom stereocenters. The highest BCUT2D eigenvalue weighted by Gasteiger charge is 2.55. The fourth-order valence-corrected chi connectivity index (χ4v) is 6.74. The molecule has 3 amide bonds. The summed E-state index contributed by atoms with van der Waals surface area (Å²) in [6.07, 6.45) is 3.35. The highest BCUT2D eigenvalue weighted by molar-refractivity contribution is 6.47. The fourth-order valence-electron chi connectivity index (χ4n) is 6.74. The Balaban J connectivity index is 1.35. The third-order valence-corrected chi connectivity index (χ3v) is 9.11. The summed E-state index contributed by atoms with van der Waals surface area (Å²) in [5.74, 6) is -1.54. The van der Waals surface area contributed by atoms with E-state index in [1.54, 1.807) is 24.3 Å². The van der Waals surface area contributed by atoms with Gasteiger partial charge in [-0.15, -0.1) is 0 Å². The van der Waals surface area contributed by atoms with Crippen LogP contribution in [0, 0.1) is 18.3 Å². The molecule has 47 heavy (non-hydrogen) atoms. The second-order valence-electron chi connectivity index (χ2n) is 14.4. The molecule has 10 heteroatoms. The predicted molar refractivity (Wildman–Crippen MR) is 184 cm³/mol. The molecule has 5 rings (SSSR count). The van der Waals surface area contributed by atoms with Gasteiger partial charge in [0.25, 0.3) is 11.8 Å². The zero-order valence-electron chi connectivity index (χ0n) is 28.3. The summed E-state index contributed by atoms with van der Waals surface area (Å²) in [5.41, 5.74) is 2.85. The van der Waals surface area contributed by atoms with Crippen molar-refractivity contribution in [2.75, 3.05) is 6.54 Å². The Morgan fingerprint density at radius 2 is 1.66 bits per heavy atom. The Bertz CT molecular complexity index is 1560. The lowest BCUT2D eigenvalue weighted by Gasteiger charge is -2.43. The van der Waals surface area contributed by atoms with E-state index in [0.29, 0.717) is 17.7 Å². The zero-order chi connectivity index (χ0) is 33.8. The maximum absolute atomic E-state index is 14.0. The van der Waals surface area contributed by atoms with Crippen LogP contribution in [-0.2, 0) is 14.1 Å². The van der Waals surface area contributed by atoms with E-state index in [4.69, 9.17) is 9.31 Å². The van der Waals surface area contributed by atoms with E-state index in [2.05, 4.69) is 55.6 Å². The first-order valence-electron chi connectivity index (χ1n) is 16.6. The van der Waals surface area contributed by atoms with Crippen LogP contribution in [0.5, 0.6) is 0 Å². The van der Waals surface area contributed by atoms with Crippen molar-refractivity contribution in [2.45, 2.75) is 90.9 Å². The number of amides is 3. The molecule has 2 aliphatic rings. The molecular weight excluding hydrogens is 591 g/mol. The minimum Gasteiger partial charge on any atom is -0.404 e. The van der Waals surface area contributed by atoms with Crippen molar-refractivity contribution < 1.29 is 23.7 Å². The Kier molecular flexibility index (Phi) is 10.5. The maximum atomic E-state index is 14.0. The molecule has 1 saturated carbocycles. The molecule has 248 valence electrons. The predicted octanol–water partition coefficient (Wildman–Crippen LogP) is 5.53. The van der Waals surface area contributed by atoms with Crippen LogP contribution in [0.4, 0.5) is 0 Å². The van der Waals surface area contributed by atoms with Crippen molar-refractivity contribution in [1.82, 2.24) is 20.9 Å². The summed E-state index contributed by atoms with van der Waals surface area (Å²) < 4.78 is 13.1. The summed E-state index contributed by atoms with van der Waals surface area (Å²) in [7, 11) is -0.632. The Morgan fingerprint density at radius 3 is 2.36 bits per heavy atom. The average molecular weight is 639 g/mol. The number of pyridine rings is 1. The van der Waals surface area contributed by atoms with Crippen molar-refractivity contribution in [3.8, 4) is 11.3 Å². The van der Waals surface area contributed by atoms with Gasteiger partial charge >= 0.3 is 7.12 Å². The number of nitrogens with zero attached hydrogens (tertiary/aromatic N) is 1. The first-order valence-corrected chi connectivity index (χ1v) is 16.6. The van der Waals surface area contributed by atoms with E-state index in [1.165, 1.54) is 0 Å². The molecule has 2 aromatic carbocycles. The minimum absolute atomic E-state index is 0.0562. The molecule has 2 heterocycles. The van der Waals surface area contributed by atoms with Gasteiger partial charge in [-0.2, -0.15) is 0 Å². The van der Waals surface area contributed by atoms with Crippen LogP contribution in [0.3, 0.4) is 0 Å². The van der Waals surface area contributed by atoms with Crippen molar-refractivity contribution in [2.24, 2.45) is 11.3 Å². The van der Waals surface area contributed by atoms with Gasteiger partial charge in [0.2, 0.25) is 5.91 Å². The van der Waals surface area contributed by atoms with Crippen LogP contribution in [0.25, 0.3) is 11.3 Å². The van der Waals surface area contributed by atoms with Crippen LogP contribution in [0.15, 0.2) is 72.8 Å². The monoisotopic (exact) mass is 638 g/mol. The molecule has 1 aromatic heterocycles. The number of nitrogens with one attached hydrogen (secondary N) is 3. The Morgan fingerprint density at radius 1 is 0.936 bits per heavy atom. The molecule has 0 unspecified atom stereocenters. The van der Waals surface area contributed by atoms with Crippen LogP contribution in [0.1, 0.15) is 86.7 Å². The standard InChI is InChI=1S/C37H47BN4O5/c1-24(2)21-32(38-46-31-19-20-36(4,5)23-37(31,6)47-38)42-35(45)30(22-39-33(43)27-17-15-25(3)16-18-27)41-34(44)29-14-10-13-28(40-29)26-11-8-7-9-12-26/h7-18,24,30-32H,19-23H2,1-6H3,(H,39,43)(H,41,44)(H,42,45)/t30-,31+,32-,37-/m0/s1. The largest absolute Gasteiger partial charge is 0.481 e. The van der Waals surface area contributed by atoms with E-state index in [-0.39, 0.29) is 35.6 Å². The molecule has 9 nitrogen and oxygen atoms in total. The quantitative estimate of drug-likeness (QED) is 0.238. The van der Waals surface area contributed by atoms with Gasteiger partial charge in [-0.25, -0.2) is 4.98 Å². The van der Waals surface area contributed by atoms with E-state index in [1.807, 2.05) is 55.5 Å². The summed E-state index contributed by atoms with van der Waals surface area (Å²) in [5, 5.41) is 8.80. The molecule has 0 spiro atoms. The number of aryl methyl sites for hydroxylation is 1. The molecule has 2 fully saturated rings. The number of aromatic nitrogens is 1. The lowest BCUT2D eigenvalue weighted by atomic mass is 9.69. The van der Waals surface area contributed by atoms with Crippen molar-refractivity contribution >= 4 is 24.8 Å². The normalized spacial score (nSPS) is 21.4. The van der Waals surface area contributed by atoms with E-state index in [0.717, 1.165) is 30.4 Å². The van der Waals surface area contributed by atoms with Crippen molar-refractivity contribution in [3.05, 3.63) is 89.6 Å². The van der Waals surface area contributed by atoms with Gasteiger partial charge in [0.1, 0.15) is 11.7 Å². The first kappa shape index (κ1) is 34.3. The Hall–Kier alpha value is -4.02. The topological polar surface area (TPSA) is 119 Å². The number of hydrogen-bond acceptors (Lipinski definition) is 6. The second-order valence-corrected chi connectivity index (χ2v) is 14.4. The minimum atomic E-state index is -1.09. The lowest BCUT2D eigenvalue weighted by Crippen LogP contribution is -2.58. The highest BCUT2D eigenvalue weighted by Crippen LogP contribution is 2.48. The number of benzene rings is 2. The molecule has 3 aromatic rings. The number of carbonyl (C=O) groups is 3. The molecule has 3 N–H and O–H groups in total. The highest BCUT2D eigenvalue weighted by atomic mass is 16.7. The Labute approximate surface area is 278 Å². The number of fused-ring (bicyclic) bond motifs is 1. The van der Waals surface area contributed by atoms with Crippen LogP contribution in [0.2, 0.25) is 0 Å². The maximum Gasteiger partial charge on any atom is 0.481 e. The SMILES string of the molecule is Cc1ccc(C(=O)NC[C@H](NC(=O)c2cccc(-c3ccccc3)n2)C(=O)N[C@@H](CC(C)C)B2O[C@@H]3CCC(C)(C)C[C@]3(C)O2)cc1. The molecular formula is C37H47BN4O5. The van der Waals surface area contributed by atoms with Crippen LogP contribution < -0.4 is 16.0 Å². The molecule has 1 saturated heterocycles. The summed E-state index contributed by atoms with van der Waals surface area (Å²) in [6.45, 7) is 12.6. The van der Waals surface area contributed by atoms with Gasteiger partial charge in [-0.05, 0) is 75.1 Å². The van der Waals surface area contributed by atoms with E-state index in [9.17, 15) is 14.4 Å². The number of rotatable bonds is 11. The lowest BCUT2D eigenvalue weighted by molar-refractivity contribution is -0.123. The van der Waals surface area contributed by atoms with Crippen LogP contribution in [-0.4, -0.2) is 60.1 Å². The van der Waals surface area contributed by atoms with Crippen LogP contribution >= 0.6 is 0 Å². The molecule has 1 aliphatic heterocycles. The third-order valence-electron chi connectivity index (χ3n) is 9.11. The molecule has 0 radical (unpaired) electrons. The second kappa shape index (κ2) is 14.4. The van der Waals surface area contributed by atoms with Gasteiger partial charge in [0.15, 0.2) is 0 Å². The van der Waals surface area contributed by atoms with Gasteiger partial charge in [-0.3, -0.25) is 14.4 Å². The average Bonchev–Trinajstić information content (AvgIpc) is 3.38. The summed E-state index contributed by atoms with van der Waals surface area (Å²) in [6, 6.07) is 20.8. The van der Waals surface area contributed by atoms with Gasteiger partial charge in [0.05, 0.1) is 23.3 Å². The molecule has 1 aliphatic carbocycles. The third kappa shape index (κ3) is 8.67. The van der Waals surface area contributed by atoms with E-state index < -0.39 is 36.5 Å². The number of carbonyl (C=O) groups excluding carboxylic acids is 3. The molecule has 0 bridgehead atoms. The van der Waals surface area contributed by atoms with Gasteiger partial charge in [-0.1, -0.05) is 81.8 Å².